The minimum Gasteiger partial charge on any atom is -0.338 e. The molecule has 2 aromatic carbocycles. The Balaban J connectivity index is 1.58. The monoisotopic (exact) mass is 330 g/mol. The molecule has 2 heterocycles. The fraction of sp³-hybridized carbons (Fsp3) is 0.158. The van der Waals surface area contributed by atoms with Crippen LogP contribution >= 0.6 is 0 Å². The van der Waals surface area contributed by atoms with Crippen molar-refractivity contribution in [1.29, 1.82) is 0 Å². The van der Waals surface area contributed by atoms with Crippen LogP contribution in [0.1, 0.15) is 11.1 Å². The Kier molecular flexibility index (Phi) is 4.08. The van der Waals surface area contributed by atoms with Crippen molar-refractivity contribution in [2.24, 2.45) is 0 Å². The Morgan fingerprint density at radius 3 is 2.56 bits per heavy atom. The van der Waals surface area contributed by atoms with Gasteiger partial charge in [0.1, 0.15) is 6.33 Å². The first-order valence-corrected chi connectivity index (χ1v) is 8.21. The average molecular weight is 330 g/mol. The first-order valence-electron chi connectivity index (χ1n) is 8.21. The van der Waals surface area contributed by atoms with Crippen LogP contribution in [-0.4, -0.2) is 25.0 Å². The van der Waals surface area contributed by atoms with Gasteiger partial charge >= 0.3 is 0 Å². The van der Waals surface area contributed by atoms with E-state index in [4.69, 9.17) is 0 Å². The molecular formula is C19H18N6. The molecule has 6 nitrogen and oxygen atoms in total. The molecule has 0 saturated carbocycles. The molecule has 4 aromatic rings. The van der Waals surface area contributed by atoms with Gasteiger partial charge in [-0.3, -0.25) is 0 Å². The zero-order valence-corrected chi connectivity index (χ0v) is 13.9. The Labute approximate surface area is 145 Å². The topological polar surface area (TPSA) is 68.5 Å². The summed E-state index contributed by atoms with van der Waals surface area (Å²) in [6, 6.07) is 18.5. The van der Waals surface area contributed by atoms with Gasteiger partial charge in [0.2, 0.25) is 0 Å². The normalized spacial score (nSPS) is 10.9. The van der Waals surface area contributed by atoms with E-state index in [0.717, 1.165) is 24.3 Å². The van der Waals surface area contributed by atoms with E-state index in [1.165, 1.54) is 11.1 Å². The van der Waals surface area contributed by atoms with Gasteiger partial charge in [-0.1, -0.05) is 53.2 Å². The second-order valence-corrected chi connectivity index (χ2v) is 5.93. The Bertz CT molecular complexity index is 976. The summed E-state index contributed by atoms with van der Waals surface area (Å²) in [6.07, 6.45) is 2.42. The van der Waals surface area contributed by atoms with Gasteiger partial charge in [0.05, 0.1) is 0 Å². The van der Waals surface area contributed by atoms with Gasteiger partial charge in [-0.05, 0) is 31.0 Å². The molecule has 0 saturated heterocycles. The van der Waals surface area contributed by atoms with Gasteiger partial charge in [-0.25, -0.2) is 14.6 Å². The van der Waals surface area contributed by atoms with Crippen LogP contribution in [0.3, 0.4) is 0 Å². The summed E-state index contributed by atoms with van der Waals surface area (Å²) in [5.41, 5.74) is 4.85. The molecule has 6 heteroatoms. The first kappa shape index (κ1) is 15.3. The van der Waals surface area contributed by atoms with Gasteiger partial charge in [0, 0.05) is 12.2 Å². The fourth-order valence-corrected chi connectivity index (χ4v) is 2.69. The van der Waals surface area contributed by atoms with E-state index in [1.807, 2.05) is 35.0 Å². The van der Waals surface area contributed by atoms with Crippen LogP contribution in [0, 0.1) is 6.92 Å². The standard InChI is InChI=1S/C19H18N6/c1-14-7-9-16(10-8-14)22-18-17-19(21-13-20-18)25(24-23-17)12-11-15-5-3-2-4-6-15/h2-10,13H,11-12H2,1H3,(H,20,21,22). The van der Waals surface area contributed by atoms with Crippen molar-refractivity contribution in [3.8, 4) is 0 Å². The van der Waals surface area contributed by atoms with E-state index in [2.05, 4.69) is 56.8 Å². The maximum Gasteiger partial charge on any atom is 0.183 e. The van der Waals surface area contributed by atoms with Crippen molar-refractivity contribution < 1.29 is 0 Å². The Hall–Kier alpha value is -3.28. The summed E-state index contributed by atoms with van der Waals surface area (Å²) in [6.45, 7) is 2.78. The minimum atomic E-state index is 0.666. The number of nitrogens with one attached hydrogen (secondary N) is 1. The number of benzene rings is 2. The van der Waals surface area contributed by atoms with Crippen LogP contribution in [0.15, 0.2) is 60.9 Å². The van der Waals surface area contributed by atoms with E-state index < -0.39 is 0 Å². The average Bonchev–Trinajstić information content (AvgIpc) is 3.07. The van der Waals surface area contributed by atoms with E-state index in [1.54, 1.807) is 6.33 Å². The molecule has 0 bridgehead atoms. The number of aromatic nitrogens is 5. The van der Waals surface area contributed by atoms with Crippen LogP contribution < -0.4 is 5.32 Å². The maximum atomic E-state index is 4.36. The molecule has 0 aliphatic rings. The second kappa shape index (κ2) is 6.68. The number of hydrogen-bond acceptors (Lipinski definition) is 5. The molecule has 4 rings (SSSR count). The number of anilines is 2. The lowest BCUT2D eigenvalue weighted by atomic mass is 10.1. The number of aryl methyl sites for hydroxylation is 3. The van der Waals surface area contributed by atoms with Gasteiger partial charge in [0.25, 0.3) is 0 Å². The first-order chi connectivity index (χ1) is 12.3. The summed E-state index contributed by atoms with van der Waals surface area (Å²) >= 11 is 0. The summed E-state index contributed by atoms with van der Waals surface area (Å²) in [4.78, 5) is 8.67. The second-order valence-electron chi connectivity index (χ2n) is 5.93. The molecule has 0 amide bonds. The summed E-state index contributed by atoms with van der Waals surface area (Å²) in [5, 5.41) is 11.8. The van der Waals surface area contributed by atoms with Gasteiger partial charge < -0.3 is 5.32 Å². The molecule has 25 heavy (non-hydrogen) atoms. The molecule has 0 aliphatic carbocycles. The van der Waals surface area contributed by atoms with Crippen LogP contribution in [0.4, 0.5) is 11.5 Å². The smallest absolute Gasteiger partial charge is 0.183 e. The molecule has 0 spiro atoms. The van der Waals surface area contributed by atoms with Crippen molar-refractivity contribution in [3.05, 3.63) is 72.1 Å². The lowest BCUT2D eigenvalue weighted by Gasteiger charge is -2.06. The highest BCUT2D eigenvalue weighted by Crippen LogP contribution is 2.21. The van der Waals surface area contributed by atoms with Gasteiger partial charge in [0.15, 0.2) is 17.0 Å². The quantitative estimate of drug-likeness (QED) is 0.606. The molecule has 0 unspecified atom stereocenters. The molecule has 2 aromatic heterocycles. The minimum absolute atomic E-state index is 0.666. The third-order valence-corrected chi connectivity index (χ3v) is 4.07. The van der Waals surface area contributed by atoms with Crippen molar-refractivity contribution >= 4 is 22.7 Å². The Morgan fingerprint density at radius 2 is 1.76 bits per heavy atom. The Morgan fingerprint density at radius 1 is 0.960 bits per heavy atom. The molecular weight excluding hydrogens is 312 g/mol. The molecule has 124 valence electrons. The highest BCUT2D eigenvalue weighted by Gasteiger charge is 2.11. The van der Waals surface area contributed by atoms with Crippen molar-refractivity contribution in [2.75, 3.05) is 5.32 Å². The van der Waals surface area contributed by atoms with Crippen LogP contribution in [-0.2, 0) is 13.0 Å². The summed E-state index contributed by atoms with van der Waals surface area (Å²) < 4.78 is 1.82. The predicted octanol–water partition coefficient (Wildman–Crippen LogP) is 3.52. The zero-order chi connectivity index (χ0) is 17.1. The number of rotatable bonds is 5. The molecule has 0 aliphatic heterocycles. The van der Waals surface area contributed by atoms with E-state index >= 15 is 0 Å². The number of nitrogens with zero attached hydrogens (tertiary/aromatic N) is 5. The largest absolute Gasteiger partial charge is 0.338 e. The van der Waals surface area contributed by atoms with Crippen molar-refractivity contribution in [2.45, 2.75) is 19.9 Å². The number of hydrogen-bond donors (Lipinski definition) is 1. The lowest BCUT2D eigenvalue weighted by Crippen LogP contribution is -2.04. The SMILES string of the molecule is Cc1ccc(Nc2ncnc3c2nnn3CCc2ccccc2)cc1. The third kappa shape index (κ3) is 3.33. The highest BCUT2D eigenvalue weighted by molar-refractivity contribution is 5.84. The highest BCUT2D eigenvalue weighted by atomic mass is 15.4. The lowest BCUT2D eigenvalue weighted by molar-refractivity contribution is 0.602. The van der Waals surface area contributed by atoms with Gasteiger partial charge in [-0.15, -0.1) is 5.10 Å². The number of fused-ring (bicyclic) bond motifs is 1. The van der Waals surface area contributed by atoms with E-state index in [0.29, 0.717) is 11.3 Å². The van der Waals surface area contributed by atoms with E-state index in [9.17, 15) is 0 Å². The van der Waals surface area contributed by atoms with Crippen LogP contribution in [0.25, 0.3) is 11.2 Å². The maximum absolute atomic E-state index is 4.36. The molecule has 0 fully saturated rings. The van der Waals surface area contributed by atoms with Crippen molar-refractivity contribution in [1.82, 2.24) is 25.0 Å². The van der Waals surface area contributed by atoms with E-state index in [-0.39, 0.29) is 0 Å². The zero-order valence-electron chi connectivity index (χ0n) is 13.9. The predicted molar refractivity (Wildman–Crippen MR) is 97.7 cm³/mol. The molecule has 0 atom stereocenters. The third-order valence-electron chi connectivity index (χ3n) is 4.07. The molecule has 0 radical (unpaired) electrons. The van der Waals surface area contributed by atoms with Crippen LogP contribution in [0.5, 0.6) is 0 Å². The van der Waals surface area contributed by atoms with Crippen LogP contribution in [0.2, 0.25) is 0 Å². The summed E-state index contributed by atoms with van der Waals surface area (Å²) in [5.74, 6) is 0.666. The van der Waals surface area contributed by atoms with Crippen molar-refractivity contribution in [3.63, 3.8) is 0 Å². The summed E-state index contributed by atoms with van der Waals surface area (Å²) in [7, 11) is 0. The van der Waals surface area contributed by atoms with Gasteiger partial charge in [-0.2, -0.15) is 0 Å². The molecule has 1 N–H and O–H groups in total. The fourth-order valence-electron chi connectivity index (χ4n) is 2.69.